The molecular weight excluding hydrogens is 273 g/mol. The molecule has 0 spiro atoms. The van der Waals surface area contributed by atoms with Gasteiger partial charge in [0.25, 0.3) is 0 Å². The minimum absolute atomic E-state index is 0.366. The summed E-state index contributed by atoms with van der Waals surface area (Å²) in [4.78, 5) is 8.38. The molecule has 0 unspecified atom stereocenters. The van der Waals surface area contributed by atoms with Gasteiger partial charge in [-0.1, -0.05) is 6.92 Å². The molecule has 21 heavy (non-hydrogen) atoms. The number of benzene rings is 1. The second kappa shape index (κ2) is 6.88. The highest BCUT2D eigenvalue weighted by atomic mass is 19.1. The molecule has 0 fully saturated rings. The van der Waals surface area contributed by atoms with Crippen molar-refractivity contribution in [2.24, 2.45) is 0 Å². The van der Waals surface area contributed by atoms with Crippen LogP contribution in [-0.2, 0) is 0 Å². The van der Waals surface area contributed by atoms with Gasteiger partial charge < -0.3 is 14.8 Å². The molecule has 0 aliphatic rings. The molecule has 1 N–H and O–H groups in total. The van der Waals surface area contributed by atoms with Crippen LogP contribution in [0.25, 0.3) is 11.3 Å². The summed E-state index contributed by atoms with van der Waals surface area (Å²) in [5.74, 6) is 1.20. The lowest BCUT2D eigenvalue weighted by Crippen LogP contribution is -2.06. The van der Waals surface area contributed by atoms with Crippen LogP contribution in [0.1, 0.15) is 13.3 Å². The molecule has 0 bridgehead atoms. The molecule has 0 saturated heterocycles. The van der Waals surface area contributed by atoms with Crippen molar-refractivity contribution < 1.29 is 13.9 Å². The molecule has 2 aromatic rings. The predicted octanol–water partition coefficient (Wildman–Crippen LogP) is 3.12. The third kappa shape index (κ3) is 3.21. The van der Waals surface area contributed by atoms with Crippen LogP contribution in [-0.4, -0.2) is 30.7 Å². The van der Waals surface area contributed by atoms with E-state index in [0.717, 1.165) is 13.0 Å². The van der Waals surface area contributed by atoms with Gasteiger partial charge in [0.05, 0.1) is 14.2 Å². The predicted molar refractivity (Wildman–Crippen MR) is 79.3 cm³/mol. The fraction of sp³-hybridized carbons (Fsp3) is 0.333. The van der Waals surface area contributed by atoms with Gasteiger partial charge in [-0.15, -0.1) is 0 Å². The van der Waals surface area contributed by atoms with E-state index >= 15 is 0 Å². The van der Waals surface area contributed by atoms with Gasteiger partial charge in [-0.05, 0) is 24.6 Å². The van der Waals surface area contributed by atoms with Gasteiger partial charge in [-0.2, -0.15) is 0 Å². The van der Waals surface area contributed by atoms with Crippen LogP contribution in [0.15, 0.2) is 24.5 Å². The largest absolute Gasteiger partial charge is 0.496 e. The van der Waals surface area contributed by atoms with Crippen molar-refractivity contribution in [3.8, 4) is 22.8 Å². The number of nitrogens with one attached hydrogen (secondary N) is 1. The maximum atomic E-state index is 13.6. The van der Waals surface area contributed by atoms with Gasteiger partial charge in [0.1, 0.15) is 23.6 Å². The maximum Gasteiger partial charge on any atom is 0.187 e. The van der Waals surface area contributed by atoms with E-state index in [9.17, 15) is 4.39 Å². The van der Waals surface area contributed by atoms with Crippen LogP contribution in [0, 0.1) is 5.82 Å². The van der Waals surface area contributed by atoms with E-state index in [1.165, 1.54) is 32.7 Å². The van der Waals surface area contributed by atoms with E-state index in [0.29, 0.717) is 28.6 Å². The van der Waals surface area contributed by atoms with Gasteiger partial charge in [0.2, 0.25) is 0 Å². The molecular formula is C15H18FN3O2. The minimum atomic E-state index is -0.366. The molecule has 112 valence electrons. The molecule has 0 amide bonds. The fourth-order valence-electron chi connectivity index (χ4n) is 1.99. The zero-order chi connectivity index (χ0) is 15.2. The smallest absolute Gasteiger partial charge is 0.187 e. The molecule has 1 aromatic heterocycles. The van der Waals surface area contributed by atoms with Gasteiger partial charge in [0.15, 0.2) is 11.6 Å². The van der Waals surface area contributed by atoms with Crippen LogP contribution in [0.4, 0.5) is 10.2 Å². The standard InChI is InChI=1S/C15H18FN3O2/c1-4-7-17-15-14(21-3)13(18-9-19-15)11-8-10(16)5-6-12(11)20-2/h5-6,8-9H,4,7H2,1-3H3,(H,17,18,19). The Hall–Kier alpha value is -2.37. The first-order chi connectivity index (χ1) is 10.2. The van der Waals surface area contributed by atoms with Crippen LogP contribution in [0.2, 0.25) is 0 Å². The third-order valence-electron chi connectivity index (χ3n) is 2.97. The monoisotopic (exact) mass is 291 g/mol. The molecule has 0 aliphatic heterocycles. The summed E-state index contributed by atoms with van der Waals surface area (Å²) in [6.07, 6.45) is 2.37. The lowest BCUT2D eigenvalue weighted by Gasteiger charge is -2.14. The highest BCUT2D eigenvalue weighted by Gasteiger charge is 2.17. The SMILES string of the molecule is CCCNc1ncnc(-c2cc(F)ccc2OC)c1OC. The Morgan fingerprint density at radius 3 is 2.67 bits per heavy atom. The van der Waals surface area contributed by atoms with E-state index in [1.807, 2.05) is 0 Å². The minimum Gasteiger partial charge on any atom is -0.496 e. The van der Waals surface area contributed by atoms with E-state index in [2.05, 4.69) is 22.2 Å². The number of hydrogen-bond acceptors (Lipinski definition) is 5. The van der Waals surface area contributed by atoms with Crippen molar-refractivity contribution in [2.45, 2.75) is 13.3 Å². The molecule has 5 nitrogen and oxygen atoms in total. The first kappa shape index (κ1) is 15.0. The number of anilines is 1. The van der Waals surface area contributed by atoms with Gasteiger partial charge >= 0.3 is 0 Å². The molecule has 0 saturated carbocycles. The summed E-state index contributed by atoms with van der Waals surface area (Å²) in [5, 5.41) is 3.17. The van der Waals surface area contributed by atoms with Crippen molar-refractivity contribution in [2.75, 3.05) is 26.1 Å². The average molecular weight is 291 g/mol. The van der Waals surface area contributed by atoms with Gasteiger partial charge in [-0.25, -0.2) is 14.4 Å². The molecule has 1 heterocycles. The number of methoxy groups -OCH3 is 2. The van der Waals surface area contributed by atoms with Crippen molar-refractivity contribution in [3.05, 3.63) is 30.3 Å². The van der Waals surface area contributed by atoms with E-state index < -0.39 is 0 Å². The van der Waals surface area contributed by atoms with E-state index in [1.54, 1.807) is 6.07 Å². The lowest BCUT2D eigenvalue weighted by atomic mass is 10.1. The van der Waals surface area contributed by atoms with Crippen LogP contribution in [0.5, 0.6) is 11.5 Å². The first-order valence-corrected chi connectivity index (χ1v) is 6.68. The first-order valence-electron chi connectivity index (χ1n) is 6.68. The second-order valence-corrected chi connectivity index (χ2v) is 4.38. The normalized spacial score (nSPS) is 10.3. The summed E-state index contributed by atoms with van der Waals surface area (Å²) in [6.45, 7) is 2.81. The quantitative estimate of drug-likeness (QED) is 0.886. The number of hydrogen-bond donors (Lipinski definition) is 1. The Morgan fingerprint density at radius 1 is 1.19 bits per heavy atom. The number of rotatable bonds is 6. The van der Waals surface area contributed by atoms with Crippen LogP contribution >= 0.6 is 0 Å². The number of ether oxygens (including phenoxy) is 2. The van der Waals surface area contributed by atoms with E-state index in [-0.39, 0.29) is 5.82 Å². The average Bonchev–Trinajstić information content (AvgIpc) is 2.52. The second-order valence-electron chi connectivity index (χ2n) is 4.38. The van der Waals surface area contributed by atoms with Crippen LogP contribution < -0.4 is 14.8 Å². The zero-order valence-electron chi connectivity index (χ0n) is 12.3. The summed E-state index contributed by atoms with van der Waals surface area (Å²) in [6, 6.07) is 4.27. The summed E-state index contributed by atoms with van der Waals surface area (Å²) in [7, 11) is 3.06. The molecule has 0 atom stereocenters. The lowest BCUT2D eigenvalue weighted by molar-refractivity contribution is 0.408. The molecule has 0 radical (unpaired) electrons. The van der Waals surface area contributed by atoms with Crippen molar-refractivity contribution in [1.29, 1.82) is 0 Å². The number of halogens is 1. The molecule has 1 aromatic carbocycles. The van der Waals surface area contributed by atoms with E-state index in [4.69, 9.17) is 9.47 Å². The maximum absolute atomic E-state index is 13.6. The van der Waals surface area contributed by atoms with Gasteiger partial charge in [-0.3, -0.25) is 0 Å². The summed E-state index contributed by atoms with van der Waals surface area (Å²) >= 11 is 0. The Balaban J connectivity index is 2.55. The summed E-state index contributed by atoms with van der Waals surface area (Å²) < 4.78 is 24.2. The van der Waals surface area contributed by atoms with Crippen molar-refractivity contribution in [1.82, 2.24) is 9.97 Å². The zero-order valence-corrected chi connectivity index (χ0v) is 12.3. The molecule has 0 aliphatic carbocycles. The van der Waals surface area contributed by atoms with Crippen molar-refractivity contribution >= 4 is 5.82 Å². The summed E-state index contributed by atoms with van der Waals surface area (Å²) in [5.41, 5.74) is 1.01. The van der Waals surface area contributed by atoms with Crippen LogP contribution in [0.3, 0.4) is 0 Å². The third-order valence-corrected chi connectivity index (χ3v) is 2.97. The highest BCUT2D eigenvalue weighted by Crippen LogP contribution is 2.38. The Kier molecular flexibility index (Phi) is 4.92. The topological polar surface area (TPSA) is 56.3 Å². The number of aromatic nitrogens is 2. The Morgan fingerprint density at radius 2 is 2.00 bits per heavy atom. The van der Waals surface area contributed by atoms with Gasteiger partial charge in [0, 0.05) is 12.1 Å². The Labute approximate surface area is 123 Å². The molecule has 6 heteroatoms. The fourth-order valence-corrected chi connectivity index (χ4v) is 1.99. The highest BCUT2D eigenvalue weighted by molar-refractivity contribution is 5.76. The van der Waals surface area contributed by atoms with Crippen molar-refractivity contribution in [3.63, 3.8) is 0 Å². The Bertz CT molecular complexity index is 620. The number of nitrogens with zero attached hydrogens (tertiary/aromatic N) is 2. The molecule has 2 rings (SSSR count).